The van der Waals surface area contributed by atoms with Crippen molar-refractivity contribution in [2.24, 2.45) is 5.41 Å². The Balaban J connectivity index is 1.21. The molecule has 0 saturated carbocycles. The van der Waals surface area contributed by atoms with E-state index in [9.17, 15) is 71.9 Å². The van der Waals surface area contributed by atoms with Gasteiger partial charge in [0.2, 0.25) is 23.6 Å². The highest BCUT2D eigenvalue weighted by atomic mass is 16.7. The summed E-state index contributed by atoms with van der Waals surface area (Å²) >= 11 is 0. The lowest BCUT2D eigenvalue weighted by Gasteiger charge is -2.32. The van der Waals surface area contributed by atoms with Crippen molar-refractivity contribution in [3.63, 3.8) is 0 Å². The third-order valence-corrected chi connectivity index (χ3v) is 18.4. The average Bonchev–Trinajstić information content (AvgIpc) is 1.44. The summed E-state index contributed by atoms with van der Waals surface area (Å²) in [5.41, 5.74) is -0.629. The normalized spacial score (nSPS) is 13.6. The van der Waals surface area contributed by atoms with Gasteiger partial charge in [-0.05, 0) is 57.8 Å². The zero-order valence-corrected chi connectivity index (χ0v) is 69.1. The Morgan fingerprint density at radius 3 is 0.786 bits per heavy atom. The molecule has 668 valence electrons. The summed E-state index contributed by atoms with van der Waals surface area (Å²) in [7, 11) is 0. The number of rotatable bonds is 81. The number of carbonyl (C=O) groups excluding carboxylic acids is 15. The molecule has 0 aromatic rings. The lowest BCUT2D eigenvalue weighted by molar-refractivity contribution is -0.198. The first-order valence-corrected chi connectivity index (χ1v) is 42.0. The quantitative estimate of drug-likeness (QED) is 0.0463. The van der Waals surface area contributed by atoms with Crippen molar-refractivity contribution in [1.82, 2.24) is 36.5 Å². The number of nitrogens with one attached hydrogen (secondary N) is 4. The standard InChI is InChI=1S/C80H133N7O30/c1-2-80(62-112-43-31-68(91)81-37-15-9-3-6-12-20-65(88)22-18-41-103-50-56-109-58-52-105-46-34-77(100)115-85-71(94)25-26-72(85)95,63-113-44-32-69(92)82-38-16-10-4-7-13-21-66(89)23-19-42-104-51-57-110-59-53-106-47-35-78(101)116-86-73(96)27-28-74(86)97)64-114-45-33-70(93)83-39-17-11-5-8-14-24-67(90)84-40-49-108-55-61-111-60-54-107-48-36-79(102)117-87-75(98)29-30-76(87)99/h2-64H2,1H3,(H,81,91)(H,82,92)(H,83,93)(H,84,90). The summed E-state index contributed by atoms with van der Waals surface area (Å²) in [4.78, 5) is 195. The zero-order valence-electron chi connectivity index (χ0n) is 69.1. The number of Topliss-reactive ketones (excluding diaryl/α,β-unsaturated/α-hetero) is 2. The van der Waals surface area contributed by atoms with Crippen LogP contribution in [0.25, 0.3) is 0 Å². The van der Waals surface area contributed by atoms with Crippen molar-refractivity contribution in [2.45, 2.75) is 232 Å². The van der Waals surface area contributed by atoms with E-state index in [0.29, 0.717) is 152 Å². The van der Waals surface area contributed by atoms with Crippen LogP contribution in [0.4, 0.5) is 0 Å². The molecule has 0 unspecified atom stereocenters. The first-order chi connectivity index (χ1) is 56.8. The largest absolute Gasteiger partial charge is 0.380 e. The molecule has 0 spiro atoms. The summed E-state index contributed by atoms with van der Waals surface area (Å²) in [5, 5.41) is 13.2. The second-order valence-electron chi connectivity index (χ2n) is 28.4. The minimum atomic E-state index is -0.736. The molecule has 37 nitrogen and oxygen atoms in total. The number of imide groups is 3. The highest BCUT2D eigenvalue weighted by Crippen LogP contribution is 2.25. The maximum absolute atomic E-state index is 12.8. The van der Waals surface area contributed by atoms with Crippen LogP contribution in [-0.2, 0) is 143 Å². The molecule has 117 heavy (non-hydrogen) atoms. The molecule has 3 aliphatic heterocycles. The van der Waals surface area contributed by atoms with E-state index < -0.39 is 58.8 Å². The van der Waals surface area contributed by atoms with Gasteiger partial charge in [-0.1, -0.05) is 64.7 Å². The van der Waals surface area contributed by atoms with E-state index in [1.807, 2.05) is 6.92 Å². The van der Waals surface area contributed by atoms with E-state index in [4.69, 9.17) is 71.4 Å². The van der Waals surface area contributed by atoms with Crippen molar-refractivity contribution in [1.29, 1.82) is 0 Å². The van der Waals surface area contributed by atoms with E-state index in [0.717, 1.165) is 96.3 Å². The fourth-order valence-electron chi connectivity index (χ4n) is 11.5. The minimum Gasteiger partial charge on any atom is -0.380 e. The Morgan fingerprint density at radius 1 is 0.248 bits per heavy atom. The van der Waals surface area contributed by atoms with Gasteiger partial charge in [-0.2, -0.15) is 0 Å². The van der Waals surface area contributed by atoms with Gasteiger partial charge in [0.15, 0.2) is 0 Å². The Kier molecular flexibility index (Phi) is 61.5. The van der Waals surface area contributed by atoms with Crippen molar-refractivity contribution in [3.05, 3.63) is 0 Å². The zero-order chi connectivity index (χ0) is 84.9. The van der Waals surface area contributed by atoms with Crippen molar-refractivity contribution in [2.75, 3.05) is 185 Å². The van der Waals surface area contributed by atoms with Gasteiger partial charge in [-0.3, -0.25) is 57.5 Å². The summed E-state index contributed by atoms with van der Waals surface area (Å²) in [6.45, 7) is 10.0. The van der Waals surface area contributed by atoms with Crippen LogP contribution in [0.2, 0.25) is 0 Å². The molecule has 3 rings (SSSR count). The van der Waals surface area contributed by atoms with Gasteiger partial charge < -0.3 is 92.6 Å². The van der Waals surface area contributed by atoms with Crippen LogP contribution in [0.15, 0.2) is 0 Å². The molecule has 10 amide bonds. The molecule has 0 aromatic heterocycles. The number of ether oxygens (including phenoxy) is 12. The highest BCUT2D eigenvalue weighted by molar-refractivity contribution is 6.03. The second-order valence-corrected chi connectivity index (χ2v) is 28.4. The Hall–Kier alpha value is -7.43. The predicted octanol–water partition coefficient (Wildman–Crippen LogP) is 4.93. The van der Waals surface area contributed by atoms with Crippen LogP contribution in [0.3, 0.4) is 0 Å². The number of hydroxylamine groups is 6. The van der Waals surface area contributed by atoms with E-state index >= 15 is 0 Å². The molecule has 0 radical (unpaired) electrons. The Labute approximate surface area is 687 Å². The van der Waals surface area contributed by atoms with Crippen LogP contribution in [0.1, 0.15) is 232 Å². The van der Waals surface area contributed by atoms with Crippen molar-refractivity contribution in [3.8, 4) is 0 Å². The van der Waals surface area contributed by atoms with Crippen molar-refractivity contribution < 1.29 is 143 Å². The number of hydrogen-bond donors (Lipinski definition) is 4. The van der Waals surface area contributed by atoms with Crippen LogP contribution in [0, 0.1) is 5.41 Å². The third-order valence-electron chi connectivity index (χ3n) is 18.4. The summed E-state index contributed by atoms with van der Waals surface area (Å²) in [5.74, 6) is -5.51. The van der Waals surface area contributed by atoms with E-state index in [1.165, 1.54) is 0 Å². The molecule has 0 bridgehead atoms. The van der Waals surface area contributed by atoms with Gasteiger partial charge in [-0.25, -0.2) is 14.4 Å². The second kappa shape index (κ2) is 69.4. The van der Waals surface area contributed by atoms with Crippen LogP contribution in [0.5, 0.6) is 0 Å². The lowest BCUT2D eigenvalue weighted by atomic mass is 9.88. The maximum Gasteiger partial charge on any atom is 0.335 e. The van der Waals surface area contributed by atoms with Crippen LogP contribution < -0.4 is 21.3 Å². The van der Waals surface area contributed by atoms with Crippen molar-refractivity contribution >= 4 is 88.5 Å². The molecule has 3 aliphatic rings. The SMILES string of the molecule is CCC(COCCC(=O)NCCCCCCCC(=O)CCCOCCOCCOCCC(=O)ON1C(=O)CCC1=O)(COCCC(=O)NCCCCCCCC(=O)CCCOCCOCCOCCC(=O)ON1C(=O)CCC1=O)COCCC(=O)NCCCCCCCC(=O)NCCOCCOCCOCCC(=O)ON1C(=O)CCC1=O. The first kappa shape index (κ1) is 104. The van der Waals surface area contributed by atoms with Crippen LogP contribution >= 0.6 is 0 Å². The average molecular weight is 1670 g/mol. The first-order valence-electron chi connectivity index (χ1n) is 42.0. The van der Waals surface area contributed by atoms with Gasteiger partial charge in [0.1, 0.15) is 11.6 Å². The van der Waals surface area contributed by atoms with E-state index in [-0.39, 0.29) is 211 Å². The Morgan fingerprint density at radius 2 is 0.479 bits per heavy atom. The topological polar surface area (TPSA) is 452 Å². The molecular formula is C80H133N7O30. The summed E-state index contributed by atoms with van der Waals surface area (Å²) in [6.07, 6.45) is 17.3. The molecule has 3 fully saturated rings. The van der Waals surface area contributed by atoms with Crippen LogP contribution in [-0.4, -0.2) is 288 Å². The molecule has 0 aromatic carbocycles. The third kappa shape index (κ3) is 55.9. The highest BCUT2D eigenvalue weighted by Gasteiger charge is 2.36. The number of nitrogens with zero attached hydrogens (tertiary/aromatic N) is 3. The van der Waals surface area contributed by atoms with Gasteiger partial charge in [0.25, 0.3) is 35.4 Å². The minimum absolute atomic E-state index is 0.0242. The molecule has 3 heterocycles. The number of hydrogen-bond acceptors (Lipinski definition) is 30. The Bertz CT molecular complexity index is 2550. The molecule has 37 heteroatoms. The van der Waals surface area contributed by atoms with Gasteiger partial charge in [0, 0.05) is 135 Å². The lowest BCUT2D eigenvalue weighted by Crippen LogP contribution is -2.38. The monoisotopic (exact) mass is 1670 g/mol. The van der Waals surface area contributed by atoms with E-state index in [2.05, 4.69) is 21.3 Å². The number of unbranched alkanes of at least 4 members (excludes halogenated alkanes) is 12. The summed E-state index contributed by atoms with van der Waals surface area (Å²) < 4.78 is 67.2. The maximum atomic E-state index is 12.8. The molecular weight excluding hydrogens is 1540 g/mol. The molecule has 4 N–H and O–H groups in total. The van der Waals surface area contributed by atoms with E-state index in [1.54, 1.807) is 0 Å². The number of amides is 10. The number of ketones is 2. The van der Waals surface area contributed by atoms with Gasteiger partial charge in [-0.15, -0.1) is 15.2 Å². The molecule has 0 atom stereocenters. The fraction of sp³-hybridized carbons (Fsp3) is 0.812. The molecule has 3 saturated heterocycles. The predicted molar refractivity (Wildman–Crippen MR) is 415 cm³/mol. The fourth-order valence-corrected chi connectivity index (χ4v) is 11.5. The van der Waals surface area contributed by atoms with Gasteiger partial charge in [0.05, 0.1) is 165 Å². The molecule has 0 aliphatic carbocycles. The smallest absolute Gasteiger partial charge is 0.335 e. The number of carbonyl (C=O) groups is 15. The van der Waals surface area contributed by atoms with Gasteiger partial charge >= 0.3 is 17.9 Å². The summed E-state index contributed by atoms with van der Waals surface area (Å²) in [6, 6.07) is 0.